The first kappa shape index (κ1) is 15.4. The highest BCUT2D eigenvalue weighted by Crippen LogP contribution is 2.04. The Kier molecular flexibility index (Phi) is 5.23. The number of amides is 1. The van der Waals surface area contributed by atoms with E-state index in [1.54, 1.807) is 11.1 Å². The minimum absolute atomic E-state index is 0.0126. The Morgan fingerprint density at radius 2 is 2.00 bits per heavy atom. The molecule has 116 valence electrons. The first-order valence-electron chi connectivity index (χ1n) is 6.89. The standard InChI is InChI=1S/C12H20N6O3/c13-7-10-8-18(15-14-10)9-11(19)17-5-3-16(4-6-17)2-1-12(20)21/h8H,1-7,9,13H2,(H,20,21). The summed E-state index contributed by atoms with van der Waals surface area (Å²) in [6.07, 6.45) is 1.80. The van der Waals surface area contributed by atoms with Crippen LogP contribution in [0, 0.1) is 0 Å². The zero-order chi connectivity index (χ0) is 15.2. The number of hydrogen-bond donors (Lipinski definition) is 2. The van der Waals surface area contributed by atoms with E-state index in [1.807, 2.05) is 0 Å². The number of hydrogen-bond acceptors (Lipinski definition) is 6. The number of piperazine rings is 1. The molecular formula is C12H20N6O3. The summed E-state index contributed by atoms with van der Waals surface area (Å²) in [5.74, 6) is -0.809. The van der Waals surface area contributed by atoms with Gasteiger partial charge in [-0.15, -0.1) is 5.10 Å². The van der Waals surface area contributed by atoms with Gasteiger partial charge in [-0.25, -0.2) is 4.68 Å². The van der Waals surface area contributed by atoms with Crippen molar-refractivity contribution in [3.8, 4) is 0 Å². The normalized spacial score (nSPS) is 16.1. The first-order chi connectivity index (χ1) is 10.1. The molecule has 9 nitrogen and oxygen atoms in total. The fourth-order valence-corrected chi connectivity index (χ4v) is 2.22. The minimum Gasteiger partial charge on any atom is -0.481 e. The number of aliphatic carboxylic acids is 1. The van der Waals surface area contributed by atoms with E-state index in [1.165, 1.54) is 4.68 Å². The SMILES string of the molecule is NCc1cn(CC(=O)N2CCN(CCC(=O)O)CC2)nn1. The predicted molar refractivity (Wildman–Crippen MR) is 73.2 cm³/mol. The molecule has 21 heavy (non-hydrogen) atoms. The van der Waals surface area contributed by atoms with Crippen LogP contribution in [0.4, 0.5) is 0 Å². The van der Waals surface area contributed by atoms with E-state index in [9.17, 15) is 9.59 Å². The average molecular weight is 296 g/mol. The lowest BCUT2D eigenvalue weighted by Gasteiger charge is -2.34. The number of carboxylic acids is 1. The Morgan fingerprint density at radius 1 is 1.29 bits per heavy atom. The minimum atomic E-state index is -0.796. The van der Waals surface area contributed by atoms with Gasteiger partial charge in [-0.1, -0.05) is 5.21 Å². The molecule has 1 fully saturated rings. The van der Waals surface area contributed by atoms with Crippen LogP contribution in [0.15, 0.2) is 6.20 Å². The van der Waals surface area contributed by atoms with E-state index >= 15 is 0 Å². The number of rotatable bonds is 6. The summed E-state index contributed by atoms with van der Waals surface area (Å²) in [6.45, 7) is 3.60. The Balaban J connectivity index is 1.76. The van der Waals surface area contributed by atoms with E-state index in [2.05, 4.69) is 15.2 Å². The molecule has 0 aromatic carbocycles. The molecular weight excluding hydrogens is 276 g/mol. The zero-order valence-corrected chi connectivity index (χ0v) is 11.8. The number of aromatic nitrogens is 3. The summed E-state index contributed by atoms with van der Waals surface area (Å²) in [6, 6.07) is 0. The molecule has 9 heteroatoms. The van der Waals surface area contributed by atoms with Crippen molar-refractivity contribution in [2.45, 2.75) is 19.5 Å². The van der Waals surface area contributed by atoms with Crippen molar-refractivity contribution in [3.05, 3.63) is 11.9 Å². The summed E-state index contributed by atoms with van der Waals surface area (Å²) in [4.78, 5) is 26.5. The fourth-order valence-electron chi connectivity index (χ4n) is 2.22. The third-order valence-corrected chi connectivity index (χ3v) is 3.46. The lowest BCUT2D eigenvalue weighted by atomic mass is 10.3. The summed E-state index contributed by atoms with van der Waals surface area (Å²) in [5.41, 5.74) is 6.10. The molecule has 0 atom stereocenters. The number of carbonyl (C=O) groups excluding carboxylic acids is 1. The maximum absolute atomic E-state index is 12.1. The highest BCUT2D eigenvalue weighted by molar-refractivity contribution is 5.76. The molecule has 2 rings (SSSR count). The third kappa shape index (κ3) is 4.50. The maximum atomic E-state index is 12.1. The monoisotopic (exact) mass is 296 g/mol. The van der Waals surface area contributed by atoms with Crippen LogP contribution < -0.4 is 5.73 Å². The van der Waals surface area contributed by atoms with E-state index in [4.69, 9.17) is 10.8 Å². The third-order valence-electron chi connectivity index (χ3n) is 3.46. The number of nitrogens with two attached hydrogens (primary N) is 1. The van der Waals surface area contributed by atoms with Crippen LogP contribution in [0.5, 0.6) is 0 Å². The van der Waals surface area contributed by atoms with Crippen molar-refractivity contribution in [1.82, 2.24) is 24.8 Å². The number of carboxylic acid groups (broad SMARTS) is 1. The second-order valence-corrected chi connectivity index (χ2v) is 4.98. The van der Waals surface area contributed by atoms with Gasteiger partial charge in [-0.3, -0.25) is 14.5 Å². The van der Waals surface area contributed by atoms with Gasteiger partial charge < -0.3 is 15.7 Å². The highest BCUT2D eigenvalue weighted by Gasteiger charge is 2.21. The van der Waals surface area contributed by atoms with Crippen molar-refractivity contribution in [2.75, 3.05) is 32.7 Å². The van der Waals surface area contributed by atoms with E-state index in [0.717, 1.165) is 0 Å². The molecule has 0 unspecified atom stereocenters. The van der Waals surface area contributed by atoms with Gasteiger partial charge >= 0.3 is 5.97 Å². The molecule has 2 heterocycles. The molecule has 1 aromatic rings. The van der Waals surface area contributed by atoms with Crippen molar-refractivity contribution < 1.29 is 14.7 Å². The van der Waals surface area contributed by atoms with Crippen LogP contribution in [-0.2, 0) is 22.7 Å². The Bertz CT molecular complexity index is 495. The number of carbonyl (C=O) groups is 2. The molecule has 0 bridgehead atoms. The Morgan fingerprint density at radius 3 is 2.57 bits per heavy atom. The molecule has 1 aliphatic heterocycles. The van der Waals surface area contributed by atoms with Crippen molar-refractivity contribution in [1.29, 1.82) is 0 Å². The zero-order valence-electron chi connectivity index (χ0n) is 11.8. The molecule has 1 saturated heterocycles. The van der Waals surface area contributed by atoms with Crippen LogP contribution in [0.2, 0.25) is 0 Å². The molecule has 1 amide bonds. The molecule has 3 N–H and O–H groups in total. The summed E-state index contributed by atoms with van der Waals surface area (Å²) in [7, 11) is 0. The van der Waals surface area contributed by atoms with Crippen LogP contribution >= 0.6 is 0 Å². The quantitative estimate of drug-likeness (QED) is 0.646. The molecule has 0 spiro atoms. The maximum Gasteiger partial charge on any atom is 0.304 e. The molecule has 1 aromatic heterocycles. The Hall–Kier alpha value is -2.00. The largest absolute Gasteiger partial charge is 0.481 e. The van der Waals surface area contributed by atoms with Crippen LogP contribution in [0.3, 0.4) is 0 Å². The average Bonchev–Trinajstić information content (AvgIpc) is 2.93. The highest BCUT2D eigenvalue weighted by atomic mass is 16.4. The van der Waals surface area contributed by atoms with Gasteiger partial charge in [0.2, 0.25) is 5.91 Å². The second-order valence-electron chi connectivity index (χ2n) is 4.98. The van der Waals surface area contributed by atoms with Crippen molar-refractivity contribution in [3.63, 3.8) is 0 Å². The van der Waals surface area contributed by atoms with E-state index < -0.39 is 5.97 Å². The second kappa shape index (κ2) is 7.14. The van der Waals surface area contributed by atoms with Crippen LogP contribution in [-0.4, -0.2) is 74.5 Å². The van der Waals surface area contributed by atoms with Crippen molar-refractivity contribution >= 4 is 11.9 Å². The predicted octanol–water partition coefficient (Wildman–Crippen LogP) is -1.64. The summed E-state index contributed by atoms with van der Waals surface area (Å²) >= 11 is 0. The van der Waals surface area contributed by atoms with Gasteiger partial charge in [0.25, 0.3) is 0 Å². The summed E-state index contributed by atoms with van der Waals surface area (Å²) < 4.78 is 1.49. The van der Waals surface area contributed by atoms with Crippen molar-refractivity contribution in [2.24, 2.45) is 5.73 Å². The van der Waals surface area contributed by atoms with Gasteiger partial charge in [-0.05, 0) is 0 Å². The van der Waals surface area contributed by atoms with Crippen LogP contribution in [0.1, 0.15) is 12.1 Å². The van der Waals surface area contributed by atoms with Crippen LogP contribution in [0.25, 0.3) is 0 Å². The lowest BCUT2D eigenvalue weighted by molar-refractivity contribution is -0.138. The van der Waals surface area contributed by atoms with E-state index in [0.29, 0.717) is 45.0 Å². The Labute approximate surface area is 122 Å². The van der Waals surface area contributed by atoms with Gasteiger partial charge in [0.05, 0.1) is 18.3 Å². The van der Waals surface area contributed by atoms with Gasteiger partial charge in [0, 0.05) is 39.3 Å². The van der Waals surface area contributed by atoms with Gasteiger partial charge in [0.15, 0.2) is 0 Å². The fraction of sp³-hybridized carbons (Fsp3) is 0.667. The first-order valence-corrected chi connectivity index (χ1v) is 6.89. The molecule has 0 saturated carbocycles. The summed E-state index contributed by atoms with van der Waals surface area (Å²) in [5, 5.41) is 16.3. The molecule has 0 radical (unpaired) electrons. The topological polar surface area (TPSA) is 118 Å². The lowest BCUT2D eigenvalue weighted by Crippen LogP contribution is -2.49. The van der Waals surface area contributed by atoms with Gasteiger partial charge in [-0.2, -0.15) is 0 Å². The van der Waals surface area contributed by atoms with Gasteiger partial charge in [0.1, 0.15) is 6.54 Å². The molecule has 1 aliphatic rings. The number of nitrogens with zero attached hydrogens (tertiary/aromatic N) is 5. The smallest absolute Gasteiger partial charge is 0.304 e. The molecule has 0 aliphatic carbocycles. The van der Waals surface area contributed by atoms with E-state index in [-0.39, 0.29) is 18.9 Å².